The minimum atomic E-state index is -4.29. The molecule has 1 fully saturated rings. The fraction of sp³-hybridized carbons (Fsp3) is 0.962. The zero-order valence-corrected chi connectivity index (χ0v) is 21.9. The minimum Gasteiger partial charge on any atom is -0.298 e. The van der Waals surface area contributed by atoms with Crippen molar-refractivity contribution in [3.8, 4) is 0 Å². The zero-order valence-electron chi connectivity index (χ0n) is 21.1. The number of rotatable bonds is 13. The average Bonchev–Trinajstić information content (AvgIpc) is 2.71. The van der Waals surface area contributed by atoms with E-state index in [9.17, 15) is 13.2 Å². The quantitative estimate of drug-likeness (QED) is 0.217. The van der Waals surface area contributed by atoms with Crippen LogP contribution in [0.2, 0.25) is 0 Å². The van der Waals surface area contributed by atoms with Gasteiger partial charge in [-0.25, -0.2) is 4.18 Å². The van der Waals surface area contributed by atoms with E-state index < -0.39 is 10.4 Å². The van der Waals surface area contributed by atoms with Crippen LogP contribution in [0.4, 0.5) is 0 Å². The Balaban J connectivity index is 2.25. The lowest BCUT2D eigenvalue weighted by atomic mass is 9.66. The molecule has 32 heavy (non-hydrogen) atoms. The van der Waals surface area contributed by atoms with Gasteiger partial charge < -0.3 is 0 Å². The normalized spacial score (nSPS) is 23.4. The van der Waals surface area contributed by atoms with Gasteiger partial charge in [0.05, 0.1) is 6.61 Å². The van der Waals surface area contributed by atoms with Crippen molar-refractivity contribution in [2.45, 2.75) is 143 Å². The van der Waals surface area contributed by atoms with Crippen molar-refractivity contribution < 1.29 is 21.9 Å². The summed E-state index contributed by atoms with van der Waals surface area (Å²) in [6, 6.07) is 0. The molecular formula is C26H50O5S. The lowest BCUT2D eigenvalue weighted by Gasteiger charge is -2.37. The minimum absolute atomic E-state index is 0.0626. The number of hydrogen-bond acceptors (Lipinski definition) is 4. The van der Waals surface area contributed by atoms with Crippen molar-refractivity contribution in [2.75, 3.05) is 6.61 Å². The number of carbonyl (C=O) groups is 1. The van der Waals surface area contributed by atoms with Crippen molar-refractivity contribution in [1.82, 2.24) is 0 Å². The van der Waals surface area contributed by atoms with E-state index in [1.807, 2.05) is 0 Å². The predicted octanol–water partition coefficient (Wildman–Crippen LogP) is 7.83. The molecule has 1 aliphatic rings. The molecule has 0 aromatic rings. The Labute approximate surface area is 198 Å². The predicted molar refractivity (Wildman–Crippen MR) is 132 cm³/mol. The van der Waals surface area contributed by atoms with Crippen LogP contribution in [0, 0.1) is 10.8 Å². The molecule has 6 heteroatoms. The zero-order chi connectivity index (χ0) is 23.9. The van der Waals surface area contributed by atoms with Gasteiger partial charge in [0.1, 0.15) is 5.78 Å². The number of unbranched alkanes of at least 4 members (excludes halogenated alkanes) is 8. The summed E-state index contributed by atoms with van der Waals surface area (Å²) in [5.41, 5.74) is -0.354. The first-order valence-corrected chi connectivity index (χ1v) is 14.6. The van der Waals surface area contributed by atoms with Crippen LogP contribution in [0.25, 0.3) is 0 Å². The SMILES string of the molecule is CC1(C)CCCCCCCCCC(C)(CCCCCCCCCCCOS(=O)(=O)O)C1=O. The molecule has 0 aromatic heterocycles. The number of carbonyl (C=O) groups excluding carboxylic acids is 1. The maximum atomic E-state index is 13.5. The highest BCUT2D eigenvalue weighted by molar-refractivity contribution is 7.80. The van der Waals surface area contributed by atoms with E-state index in [-0.39, 0.29) is 17.4 Å². The molecule has 1 aliphatic carbocycles. The molecule has 0 radical (unpaired) electrons. The lowest BCUT2D eigenvalue weighted by molar-refractivity contribution is -0.138. The molecule has 1 N–H and O–H groups in total. The summed E-state index contributed by atoms with van der Waals surface area (Å²) in [5, 5.41) is 0. The van der Waals surface area contributed by atoms with Crippen LogP contribution in [0.5, 0.6) is 0 Å². The number of hydrogen-bond donors (Lipinski definition) is 1. The summed E-state index contributed by atoms with van der Waals surface area (Å²) in [6.45, 7) is 6.66. The van der Waals surface area contributed by atoms with Crippen molar-refractivity contribution >= 4 is 16.2 Å². The summed E-state index contributed by atoms with van der Waals surface area (Å²) >= 11 is 0. The van der Waals surface area contributed by atoms with Gasteiger partial charge >= 0.3 is 10.4 Å². The van der Waals surface area contributed by atoms with Crippen molar-refractivity contribution in [3.05, 3.63) is 0 Å². The van der Waals surface area contributed by atoms with E-state index in [0.29, 0.717) is 12.2 Å². The highest BCUT2D eigenvalue weighted by Crippen LogP contribution is 2.41. The van der Waals surface area contributed by atoms with Gasteiger partial charge in [-0.1, -0.05) is 117 Å². The summed E-state index contributed by atoms with van der Waals surface area (Å²) < 4.78 is 33.8. The molecule has 0 amide bonds. The molecule has 0 heterocycles. The Morgan fingerprint density at radius 3 is 1.69 bits per heavy atom. The Kier molecular flexibility index (Phi) is 14.3. The lowest BCUT2D eigenvalue weighted by Crippen LogP contribution is -2.39. The second-order valence-electron chi connectivity index (χ2n) is 10.9. The van der Waals surface area contributed by atoms with Crippen molar-refractivity contribution in [3.63, 3.8) is 0 Å². The van der Waals surface area contributed by atoms with Crippen molar-refractivity contribution in [2.24, 2.45) is 10.8 Å². The maximum absolute atomic E-state index is 13.5. The molecule has 0 spiro atoms. The molecule has 0 saturated heterocycles. The van der Waals surface area contributed by atoms with E-state index >= 15 is 0 Å². The highest BCUT2D eigenvalue weighted by atomic mass is 32.3. The molecule has 1 rings (SSSR count). The first kappa shape index (κ1) is 29.6. The van der Waals surface area contributed by atoms with E-state index in [4.69, 9.17) is 4.55 Å². The molecule has 0 aliphatic heterocycles. The van der Waals surface area contributed by atoms with Crippen LogP contribution in [0.15, 0.2) is 0 Å². The van der Waals surface area contributed by atoms with Gasteiger partial charge in [-0.2, -0.15) is 8.42 Å². The van der Waals surface area contributed by atoms with Gasteiger partial charge in [0.25, 0.3) is 0 Å². The summed E-state index contributed by atoms with van der Waals surface area (Å²) in [6.07, 6.45) is 21.8. The van der Waals surface area contributed by atoms with E-state index in [0.717, 1.165) is 44.9 Å². The standard InChI is InChI=1S/C26H50O5S/c1-25(2)20-16-12-8-7-10-14-18-22-26(3,24(25)27)21-17-13-9-5-4-6-11-15-19-23-31-32(28,29)30/h4-23H2,1-3H3,(H,28,29,30). The molecule has 1 atom stereocenters. The largest absolute Gasteiger partial charge is 0.397 e. The first-order valence-electron chi connectivity index (χ1n) is 13.2. The molecule has 190 valence electrons. The third-order valence-electron chi connectivity index (χ3n) is 7.30. The van der Waals surface area contributed by atoms with Crippen molar-refractivity contribution in [1.29, 1.82) is 0 Å². The third kappa shape index (κ3) is 13.3. The Hall–Kier alpha value is -0.460. The fourth-order valence-corrected chi connectivity index (χ4v) is 5.60. The molecule has 1 saturated carbocycles. The number of Topliss-reactive ketones (excluding diaryl/α,β-unsaturated/α-hetero) is 1. The van der Waals surface area contributed by atoms with E-state index in [1.54, 1.807) is 0 Å². The van der Waals surface area contributed by atoms with Gasteiger partial charge in [-0.15, -0.1) is 0 Å². The Morgan fingerprint density at radius 2 is 1.16 bits per heavy atom. The summed E-state index contributed by atoms with van der Waals surface area (Å²) in [7, 11) is -4.29. The van der Waals surface area contributed by atoms with Crippen LogP contribution in [-0.4, -0.2) is 25.4 Å². The average molecular weight is 475 g/mol. The van der Waals surface area contributed by atoms with E-state index in [2.05, 4.69) is 25.0 Å². The second-order valence-corrected chi connectivity index (χ2v) is 12.0. The molecule has 1 unspecified atom stereocenters. The molecule has 0 bridgehead atoms. The van der Waals surface area contributed by atoms with Gasteiger partial charge in [0.15, 0.2) is 0 Å². The van der Waals surface area contributed by atoms with Crippen LogP contribution in [0.1, 0.15) is 143 Å². The maximum Gasteiger partial charge on any atom is 0.397 e. The first-order chi connectivity index (χ1) is 15.1. The molecule has 5 nitrogen and oxygen atoms in total. The number of ketones is 1. The van der Waals surface area contributed by atoms with Gasteiger partial charge in [0, 0.05) is 10.8 Å². The van der Waals surface area contributed by atoms with Gasteiger partial charge in [0.2, 0.25) is 0 Å². The van der Waals surface area contributed by atoms with Crippen LogP contribution < -0.4 is 0 Å². The van der Waals surface area contributed by atoms with Crippen LogP contribution >= 0.6 is 0 Å². The van der Waals surface area contributed by atoms with Crippen LogP contribution in [-0.2, 0) is 19.4 Å². The Bertz CT molecular complexity index is 614. The smallest absolute Gasteiger partial charge is 0.298 e. The van der Waals surface area contributed by atoms with Crippen LogP contribution in [0.3, 0.4) is 0 Å². The van der Waals surface area contributed by atoms with E-state index in [1.165, 1.54) is 70.6 Å². The Morgan fingerprint density at radius 1 is 0.719 bits per heavy atom. The van der Waals surface area contributed by atoms with Gasteiger partial charge in [-0.3, -0.25) is 9.35 Å². The molecular weight excluding hydrogens is 424 g/mol. The summed E-state index contributed by atoms with van der Waals surface area (Å²) in [5.74, 6) is 0.503. The van der Waals surface area contributed by atoms with Gasteiger partial charge in [-0.05, 0) is 25.7 Å². The molecule has 0 aromatic carbocycles. The monoisotopic (exact) mass is 474 g/mol. The summed E-state index contributed by atoms with van der Waals surface area (Å²) in [4.78, 5) is 13.5. The highest BCUT2D eigenvalue weighted by Gasteiger charge is 2.40. The topological polar surface area (TPSA) is 80.7 Å². The fourth-order valence-electron chi connectivity index (χ4n) is 5.27. The third-order valence-corrected chi connectivity index (χ3v) is 7.76. The second kappa shape index (κ2) is 15.4.